The third kappa shape index (κ3) is 3.37. The van der Waals surface area contributed by atoms with Crippen molar-refractivity contribution in [3.05, 3.63) is 0 Å². The Hall–Kier alpha value is -0.260. The van der Waals surface area contributed by atoms with E-state index in [-0.39, 0.29) is 29.8 Å². The smallest absolute Gasteiger partial charge is 0.237 e. The molecule has 1 amide bonds. The van der Waals surface area contributed by atoms with Crippen molar-refractivity contribution in [2.45, 2.75) is 37.6 Å². The molecular formula is C11H22N2O2S. The van der Waals surface area contributed by atoms with Gasteiger partial charge in [0.25, 0.3) is 0 Å². The van der Waals surface area contributed by atoms with Gasteiger partial charge in [0.05, 0.1) is 12.6 Å². The van der Waals surface area contributed by atoms with E-state index in [4.69, 9.17) is 5.11 Å². The fourth-order valence-electron chi connectivity index (χ4n) is 2.03. The quantitative estimate of drug-likeness (QED) is 0.649. The number of thioether (sulfide) groups is 1. The van der Waals surface area contributed by atoms with Crippen LogP contribution in [0.15, 0.2) is 0 Å². The Bertz CT molecular complexity index is 234. The number of hydrogen-bond acceptors (Lipinski definition) is 4. The first-order valence-corrected chi connectivity index (χ1v) is 7.06. The van der Waals surface area contributed by atoms with Gasteiger partial charge in [0.2, 0.25) is 5.91 Å². The monoisotopic (exact) mass is 246 g/mol. The molecule has 0 bridgehead atoms. The molecule has 1 fully saturated rings. The molecule has 5 heteroatoms. The topological polar surface area (TPSA) is 61.4 Å². The van der Waals surface area contributed by atoms with E-state index < -0.39 is 0 Å². The maximum absolute atomic E-state index is 11.9. The zero-order valence-electron chi connectivity index (χ0n) is 10.2. The van der Waals surface area contributed by atoms with E-state index in [0.29, 0.717) is 5.92 Å². The number of amides is 1. The van der Waals surface area contributed by atoms with Crippen LogP contribution in [0.2, 0.25) is 0 Å². The third-order valence-corrected chi connectivity index (χ3v) is 4.39. The number of aliphatic hydroxyl groups is 1. The van der Waals surface area contributed by atoms with Crippen LogP contribution in [-0.2, 0) is 4.79 Å². The summed E-state index contributed by atoms with van der Waals surface area (Å²) in [5, 5.41) is 15.4. The number of aliphatic hydroxyl groups excluding tert-OH is 1. The van der Waals surface area contributed by atoms with Crippen molar-refractivity contribution in [2.24, 2.45) is 5.92 Å². The standard InChI is InChI=1S/C11H22N2O2S/c1-7-4-5-12-10(7)11(15)13-8(2)9(6-14)16-3/h7-10,12,14H,4-6H2,1-3H3,(H,13,15). The summed E-state index contributed by atoms with van der Waals surface area (Å²) in [5.41, 5.74) is 0. The Labute approximate surface area is 102 Å². The van der Waals surface area contributed by atoms with Gasteiger partial charge < -0.3 is 15.7 Å². The molecule has 1 rings (SSSR count). The number of carbonyl (C=O) groups is 1. The zero-order valence-corrected chi connectivity index (χ0v) is 11.0. The maximum atomic E-state index is 11.9. The van der Waals surface area contributed by atoms with Crippen molar-refractivity contribution >= 4 is 17.7 Å². The minimum Gasteiger partial charge on any atom is -0.395 e. The fraction of sp³-hybridized carbons (Fsp3) is 0.909. The number of nitrogens with one attached hydrogen (secondary N) is 2. The number of carbonyl (C=O) groups excluding carboxylic acids is 1. The van der Waals surface area contributed by atoms with E-state index in [0.717, 1.165) is 13.0 Å². The highest BCUT2D eigenvalue weighted by molar-refractivity contribution is 7.99. The SMILES string of the molecule is CSC(CO)C(C)NC(=O)C1NCCC1C. The molecule has 0 aromatic carbocycles. The van der Waals surface area contributed by atoms with Gasteiger partial charge in [-0.25, -0.2) is 0 Å². The molecule has 0 spiro atoms. The minimum atomic E-state index is -0.0661. The molecule has 4 unspecified atom stereocenters. The Morgan fingerprint density at radius 2 is 2.38 bits per heavy atom. The Kier molecular flexibility index (Phi) is 5.58. The predicted octanol–water partition coefficient (Wildman–Crippen LogP) is 0.213. The molecule has 1 aliphatic rings. The first-order chi connectivity index (χ1) is 7.60. The molecule has 3 N–H and O–H groups in total. The van der Waals surface area contributed by atoms with Crippen molar-refractivity contribution in [1.82, 2.24) is 10.6 Å². The van der Waals surface area contributed by atoms with Crippen LogP contribution in [0, 0.1) is 5.92 Å². The summed E-state index contributed by atoms with van der Waals surface area (Å²) in [7, 11) is 0. The van der Waals surface area contributed by atoms with Crippen LogP contribution in [0.25, 0.3) is 0 Å². The summed E-state index contributed by atoms with van der Waals surface area (Å²) in [6.07, 6.45) is 3.00. The summed E-state index contributed by atoms with van der Waals surface area (Å²) >= 11 is 1.58. The van der Waals surface area contributed by atoms with Gasteiger partial charge in [-0.3, -0.25) is 4.79 Å². The maximum Gasteiger partial charge on any atom is 0.237 e. The second-order valence-electron chi connectivity index (χ2n) is 4.45. The first-order valence-electron chi connectivity index (χ1n) is 5.77. The van der Waals surface area contributed by atoms with E-state index in [2.05, 4.69) is 17.6 Å². The lowest BCUT2D eigenvalue weighted by Gasteiger charge is -2.24. The van der Waals surface area contributed by atoms with Crippen LogP contribution in [0.4, 0.5) is 0 Å². The highest BCUT2D eigenvalue weighted by Gasteiger charge is 2.30. The molecule has 0 aromatic rings. The van der Waals surface area contributed by atoms with Crippen molar-refractivity contribution in [3.63, 3.8) is 0 Å². The lowest BCUT2D eigenvalue weighted by molar-refractivity contribution is -0.124. The van der Waals surface area contributed by atoms with E-state index >= 15 is 0 Å². The molecule has 16 heavy (non-hydrogen) atoms. The summed E-state index contributed by atoms with van der Waals surface area (Å²) < 4.78 is 0. The van der Waals surface area contributed by atoms with Gasteiger partial charge in [-0.05, 0) is 32.1 Å². The molecule has 4 nitrogen and oxygen atoms in total. The fourth-order valence-corrected chi connectivity index (χ4v) is 2.65. The molecule has 0 saturated carbocycles. The van der Waals surface area contributed by atoms with Gasteiger partial charge in [-0.1, -0.05) is 6.92 Å². The number of hydrogen-bond donors (Lipinski definition) is 3. The molecule has 1 heterocycles. The second kappa shape index (κ2) is 6.47. The highest BCUT2D eigenvalue weighted by atomic mass is 32.2. The van der Waals surface area contributed by atoms with Crippen LogP contribution in [0.5, 0.6) is 0 Å². The van der Waals surface area contributed by atoms with Crippen LogP contribution < -0.4 is 10.6 Å². The van der Waals surface area contributed by atoms with E-state index in [1.54, 1.807) is 11.8 Å². The minimum absolute atomic E-state index is 0.00194. The Balaban J connectivity index is 2.44. The van der Waals surface area contributed by atoms with Crippen LogP contribution in [0.3, 0.4) is 0 Å². The van der Waals surface area contributed by atoms with Gasteiger partial charge in [-0.15, -0.1) is 0 Å². The molecule has 0 aromatic heterocycles. The molecule has 94 valence electrons. The van der Waals surface area contributed by atoms with Crippen molar-refractivity contribution in [3.8, 4) is 0 Å². The molecule has 1 aliphatic heterocycles. The highest BCUT2D eigenvalue weighted by Crippen LogP contribution is 2.16. The summed E-state index contributed by atoms with van der Waals surface area (Å²) in [5.74, 6) is 0.457. The average Bonchev–Trinajstić information content (AvgIpc) is 2.66. The number of rotatable bonds is 5. The molecule has 1 saturated heterocycles. The van der Waals surface area contributed by atoms with Gasteiger partial charge in [0, 0.05) is 11.3 Å². The lowest BCUT2D eigenvalue weighted by atomic mass is 10.0. The van der Waals surface area contributed by atoms with E-state index in [1.807, 2.05) is 13.2 Å². The van der Waals surface area contributed by atoms with Crippen molar-refractivity contribution < 1.29 is 9.90 Å². The van der Waals surface area contributed by atoms with Gasteiger partial charge in [-0.2, -0.15) is 11.8 Å². The zero-order chi connectivity index (χ0) is 12.1. The molecular weight excluding hydrogens is 224 g/mol. The van der Waals surface area contributed by atoms with Crippen LogP contribution in [-0.4, -0.2) is 47.8 Å². The van der Waals surface area contributed by atoms with Gasteiger partial charge in [0.15, 0.2) is 0 Å². The Morgan fingerprint density at radius 1 is 1.69 bits per heavy atom. The van der Waals surface area contributed by atoms with E-state index in [9.17, 15) is 4.79 Å². The molecule has 4 atom stereocenters. The second-order valence-corrected chi connectivity index (χ2v) is 5.53. The van der Waals surface area contributed by atoms with Crippen LogP contribution in [0.1, 0.15) is 20.3 Å². The lowest BCUT2D eigenvalue weighted by Crippen LogP contribution is -2.49. The van der Waals surface area contributed by atoms with Gasteiger partial charge in [0.1, 0.15) is 0 Å². The largest absolute Gasteiger partial charge is 0.395 e. The molecule has 0 radical (unpaired) electrons. The first kappa shape index (κ1) is 13.8. The summed E-state index contributed by atoms with van der Waals surface area (Å²) in [6.45, 7) is 5.04. The van der Waals surface area contributed by atoms with Crippen LogP contribution >= 0.6 is 11.8 Å². The molecule has 0 aliphatic carbocycles. The Morgan fingerprint density at radius 3 is 2.81 bits per heavy atom. The normalized spacial score (nSPS) is 28.8. The van der Waals surface area contributed by atoms with Crippen molar-refractivity contribution in [1.29, 1.82) is 0 Å². The summed E-state index contributed by atoms with van der Waals surface area (Å²) in [4.78, 5) is 11.9. The van der Waals surface area contributed by atoms with Crippen molar-refractivity contribution in [2.75, 3.05) is 19.4 Å². The predicted molar refractivity (Wildman–Crippen MR) is 67.6 cm³/mol. The van der Waals surface area contributed by atoms with Gasteiger partial charge >= 0.3 is 0 Å². The third-order valence-electron chi connectivity index (χ3n) is 3.23. The average molecular weight is 246 g/mol. The summed E-state index contributed by atoms with van der Waals surface area (Å²) in [6, 6.07) is -0.0641. The van der Waals surface area contributed by atoms with E-state index in [1.165, 1.54) is 0 Å².